The average Bonchev–Trinajstić information content (AvgIpc) is 2.18. The first-order chi connectivity index (χ1) is 6.70. The topological polar surface area (TPSA) is 9.23 Å². The molecule has 1 aromatic carbocycles. The molecule has 1 nitrogen and oxygen atoms in total. The van der Waals surface area contributed by atoms with Gasteiger partial charge >= 0.3 is 0 Å². The molecule has 0 fully saturated rings. The molecule has 78 valence electrons. The summed E-state index contributed by atoms with van der Waals surface area (Å²) in [4.78, 5) is 0. The van der Waals surface area contributed by atoms with E-state index in [1.807, 2.05) is 0 Å². The molecule has 0 aromatic heterocycles. The van der Waals surface area contributed by atoms with Gasteiger partial charge in [0.1, 0.15) is 0 Å². The molecule has 4 heteroatoms. The maximum Gasteiger partial charge on any atom is 0.200 e. The maximum atomic E-state index is 13.3. The summed E-state index contributed by atoms with van der Waals surface area (Å²) in [7, 11) is 0. The van der Waals surface area contributed by atoms with Gasteiger partial charge in [0.15, 0.2) is 11.6 Å². The molecule has 0 radical (unpaired) electrons. The lowest BCUT2D eigenvalue weighted by Crippen LogP contribution is -2.00. The number of hydrogen-bond donors (Lipinski definition) is 0. The summed E-state index contributed by atoms with van der Waals surface area (Å²) in [5.74, 6) is -1.68. The van der Waals surface area contributed by atoms with E-state index in [-0.39, 0.29) is 5.75 Å². The van der Waals surface area contributed by atoms with Crippen LogP contribution in [0.5, 0.6) is 5.75 Å². The Hall–Kier alpha value is -0.390. The van der Waals surface area contributed by atoms with Crippen LogP contribution in [-0.4, -0.2) is 11.0 Å². The minimum atomic E-state index is -0.880. The Morgan fingerprint density at radius 3 is 2.57 bits per heavy atom. The van der Waals surface area contributed by atoms with Gasteiger partial charge in [-0.3, -0.25) is 0 Å². The van der Waals surface area contributed by atoms with Crippen molar-refractivity contribution in [2.24, 2.45) is 0 Å². The third kappa shape index (κ3) is 2.56. The first-order valence-corrected chi connectivity index (χ1v) is 5.88. The van der Waals surface area contributed by atoms with E-state index < -0.39 is 11.6 Å². The van der Waals surface area contributed by atoms with E-state index in [2.05, 4.69) is 22.6 Å². The predicted octanol–water partition coefficient (Wildman–Crippen LogP) is 3.34. The van der Waals surface area contributed by atoms with E-state index in [0.29, 0.717) is 18.6 Å². The van der Waals surface area contributed by atoms with Crippen LogP contribution in [0.1, 0.15) is 12.5 Å². The molecule has 14 heavy (non-hydrogen) atoms. The van der Waals surface area contributed by atoms with E-state index in [1.54, 1.807) is 13.0 Å². The fourth-order valence-electron chi connectivity index (χ4n) is 1.13. The molecule has 0 spiro atoms. The summed E-state index contributed by atoms with van der Waals surface area (Å²) in [6.45, 7) is 2.07. The summed E-state index contributed by atoms with van der Waals surface area (Å²) >= 11 is 2.12. The van der Waals surface area contributed by atoms with Crippen LogP contribution in [0.3, 0.4) is 0 Å². The monoisotopic (exact) mass is 312 g/mol. The normalized spacial score (nSPS) is 10.3. The van der Waals surface area contributed by atoms with Crippen LogP contribution in [0.2, 0.25) is 0 Å². The van der Waals surface area contributed by atoms with Gasteiger partial charge < -0.3 is 4.74 Å². The predicted molar refractivity (Wildman–Crippen MR) is 60.1 cm³/mol. The largest absolute Gasteiger partial charge is 0.491 e. The fourth-order valence-corrected chi connectivity index (χ4v) is 1.71. The lowest BCUT2D eigenvalue weighted by atomic mass is 10.1. The van der Waals surface area contributed by atoms with Crippen molar-refractivity contribution in [3.05, 3.63) is 29.3 Å². The van der Waals surface area contributed by atoms with Crippen molar-refractivity contribution in [1.82, 2.24) is 0 Å². The third-order valence-electron chi connectivity index (χ3n) is 1.79. The van der Waals surface area contributed by atoms with E-state index in [1.165, 1.54) is 6.07 Å². The van der Waals surface area contributed by atoms with Crippen molar-refractivity contribution >= 4 is 22.6 Å². The second kappa shape index (κ2) is 5.48. The van der Waals surface area contributed by atoms with Crippen LogP contribution in [0, 0.1) is 11.6 Å². The first kappa shape index (κ1) is 11.7. The van der Waals surface area contributed by atoms with Crippen LogP contribution in [0.15, 0.2) is 12.1 Å². The highest BCUT2D eigenvalue weighted by atomic mass is 127. The lowest BCUT2D eigenvalue weighted by molar-refractivity contribution is 0.313. The number of benzene rings is 1. The quantitative estimate of drug-likeness (QED) is 0.612. The Balaban J connectivity index is 2.99. The molecule has 0 saturated carbocycles. The summed E-state index contributed by atoms with van der Waals surface area (Å²) in [5.41, 5.74) is 0.403. The van der Waals surface area contributed by atoms with Gasteiger partial charge in [-0.15, -0.1) is 0 Å². The van der Waals surface area contributed by atoms with Gasteiger partial charge in [0, 0.05) is 4.43 Å². The number of ether oxygens (including phenoxy) is 1. The number of hydrogen-bond acceptors (Lipinski definition) is 1. The highest BCUT2D eigenvalue weighted by Gasteiger charge is 2.13. The van der Waals surface area contributed by atoms with Gasteiger partial charge in [-0.05, 0) is 25.0 Å². The number of halogens is 3. The van der Waals surface area contributed by atoms with E-state index in [9.17, 15) is 8.78 Å². The zero-order valence-electron chi connectivity index (χ0n) is 7.82. The van der Waals surface area contributed by atoms with Gasteiger partial charge in [0.25, 0.3) is 0 Å². The van der Waals surface area contributed by atoms with Crippen molar-refractivity contribution in [3.8, 4) is 5.75 Å². The average molecular weight is 312 g/mol. The Morgan fingerprint density at radius 1 is 1.29 bits per heavy atom. The van der Waals surface area contributed by atoms with Crippen molar-refractivity contribution in [2.75, 3.05) is 11.0 Å². The van der Waals surface area contributed by atoms with E-state index in [4.69, 9.17) is 4.74 Å². The number of aryl methyl sites for hydroxylation is 1. The molecule has 0 N–H and O–H groups in total. The SMILES string of the molecule is CCOc1ccc(CCI)c(F)c1F. The van der Waals surface area contributed by atoms with Crippen LogP contribution < -0.4 is 4.74 Å². The molecule has 0 saturated heterocycles. The highest BCUT2D eigenvalue weighted by molar-refractivity contribution is 14.1. The second-order valence-electron chi connectivity index (χ2n) is 2.72. The molecule has 0 aliphatic heterocycles. The Labute approximate surface area is 95.6 Å². The third-order valence-corrected chi connectivity index (χ3v) is 2.33. The Bertz CT molecular complexity index is 284. The molecular formula is C10H11F2IO. The highest BCUT2D eigenvalue weighted by Crippen LogP contribution is 2.23. The summed E-state index contributed by atoms with van der Waals surface area (Å²) in [6, 6.07) is 3.05. The van der Waals surface area contributed by atoms with Crippen molar-refractivity contribution in [1.29, 1.82) is 0 Å². The number of alkyl halides is 1. The molecule has 1 aromatic rings. The summed E-state index contributed by atoms with van der Waals surface area (Å²) < 4.78 is 32.3. The lowest BCUT2D eigenvalue weighted by Gasteiger charge is -2.07. The van der Waals surface area contributed by atoms with Gasteiger partial charge in [-0.2, -0.15) is 4.39 Å². The molecule has 0 amide bonds. The zero-order chi connectivity index (χ0) is 10.6. The number of rotatable bonds is 4. The van der Waals surface area contributed by atoms with Gasteiger partial charge in [-0.25, -0.2) is 4.39 Å². The van der Waals surface area contributed by atoms with Crippen LogP contribution in [-0.2, 0) is 6.42 Å². The summed E-state index contributed by atoms with van der Waals surface area (Å²) in [6.07, 6.45) is 0.537. The minimum Gasteiger partial charge on any atom is -0.491 e. The van der Waals surface area contributed by atoms with Crippen molar-refractivity contribution < 1.29 is 13.5 Å². The smallest absolute Gasteiger partial charge is 0.200 e. The zero-order valence-corrected chi connectivity index (χ0v) is 9.98. The van der Waals surface area contributed by atoms with Gasteiger partial charge in [-0.1, -0.05) is 28.7 Å². The first-order valence-electron chi connectivity index (χ1n) is 4.36. The maximum absolute atomic E-state index is 13.3. The van der Waals surface area contributed by atoms with E-state index >= 15 is 0 Å². The molecular weight excluding hydrogens is 301 g/mol. The van der Waals surface area contributed by atoms with Crippen LogP contribution in [0.4, 0.5) is 8.78 Å². The second-order valence-corrected chi connectivity index (χ2v) is 3.80. The standard InChI is InChI=1S/C10H11F2IO/c1-2-14-8-4-3-7(5-6-13)9(11)10(8)12/h3-4H,2,5-6H2,1H3. The minimum absolute atomic E-state index is 0.0118. The van der Waals surface area contributed by atoms with Gasteiger partial charge in [0.2, 0.25) is 5.82 Å². The van der Waals surface area contributed by atoms with Crippen LogP contribution in [0.25, 0.3) is 0 Å². The van der Waals surface area contributed by atoms with Crippen molar-refractivity contribution in [3.63, 3.8) is 0 Å². The Kier molecular flexibility index (Phi) is 4.57. The molecule has 1 rings (SSSR count). The Morgan fingerprint density at radius 2 is 2.00 bits per heavy atom. The van der Waals surface area contributed by atoms with E-state index in [0.717, 1.165) is 4.43 Å². The van der Waals surface area contributed by atoms with Crippen molar-refractivity contribution in [2.45, 2.75) is 13.3 Å². The molecule has 0 bridgehead atoms. The van der Waals surface area contributed by atoms with Crippen LogP contribution >= 0.6 is 22.6 Å². The molecule has 0 heterocycles. The van der Waals surface area contributed by atoms with Gasteiger partial charge in [0.05, 0.1) is 6.61 Å². The summed E-state index contributed by atoms with van der Waals surface area (Å²) in [5, 5.41) is 0. The molecule has 0 atom stereocenters. The molecule has 0 unspecified atom stereocenters. The molecule has 0 aliphatic carbocycles. The fraction of sp³-hybridized carbons (Fsp3) is 0.400. The molecule has 0 aliphatic rings.